The molecule has 0 radical (unpaired) electrons. The molecular formula is C40H40N6O9. The van der Waals surface area contributed by atoms with Crippen molar-refractivity contribution in [3.63, 3.8) is 0 Å². The van der Waals surface area contributed by atoms with Crippen molar-refractivity contribution in [2.24, 2.45) is 10.7 Å². The standard InChI is InChI=1S/C40H40N6O9/c41-38(43-39(54)55-27-30-15-8-3-9-16-30)45-20-19-44(34(48)26-45)25-33(47)42-32-18-10-17-31(21-32)36(51)46(24-29-13-6-2-7-14-29)40(37(52)53,23-35(49)50)22-28-11-4-1-5-12-28/h1-18,21H,19-20,22-27H2,(H,42,47)(H,49,50)(H,52,53)(H2,41,43,54)/t40-/m0/s1. The first-order valence-electron chi connectivity index (χ1n) is 17.3. The molecule has 0 aliphatic carbocycles. The van der Waals surface area contributed by atoms with E-state index in [2.05, 4.69) is 10.3 Å². The van der Waals surface area contributed by atoms with Crippen LogP contribution in [0.4, 0.5) is 10.5 Å². The number of carbonyl (C=O) groups excluding carboxylic acids is 4. The molecule has 4 aromatic carbocycles. The molecule has 0 saturated carbocycles. The minimum Gasteiger partial charge on any atom is -0.481 e. The zero-order valence-corrected chi connectivity index (χ0v) is 29.7. The minimum absolute atomic E-state index is 0.000412. The number of hydrogen-bond donors (Lipinski definition) is 4. The molecule has 5 rings (SSSR count). The van der Waals surface area contributed by atoms with Gasteiger partial charge < -0.3 is 40.7 Å². The van der Waals surface area contributed by atoms with E-state index in [9.17, 15) is 39.0 Å². The Balaban J connectivity index is 1.28. The average molecular weight is 749 g/mol. The minimum atomic E-state index is -2.20. The van der Waals surface area contributed by atoms with Crippen LogP contribution >= 0.6 is 0 Å². The van der Waals surface area contributed by atoms with Gasteiger partial charge in [-0.1, -0.05) is 97.1 Å². The van der Waals surface area contributed by atoms with Crippen LogP contribution in [0.1, 0.15) is 33.5 Å². The maximum atomic E-state index is 14.4. The van der Waals surface area contributed by atoms with Crippen molar-refractivity contribution in [3.05, 3.63) is 138 Å². The van der Waals surface area contributed by atoms with Crippen molar-refractivity contribution in [3.8, 4) is 0 Å². The van der Waals surface area contributed by atoms with Crippen LogP contribution in [0.15, 0.2) is 120 Å². The second kappa shape index (κ2) is 18.1. The van der Waals surface area contributed by atoms with Crippen LogP contribution in [-0.2, 0) is 43.5 Å². The first kappa shape index (κ1) is 39.2. The van der Waals surface area contributed by atoms with E-state index in [1.807, 2.05) is 6.07 Å². The van der Waals surface area contributed by atoms with Gasteiger partial charge in [-0.2, -0.15) is 0 Å². The molecule has 1 atom stereocenters. The van der Waals surface area contributed by atoms with E-state index in [4.69, 9.17) is 10.5 Å². The Morgan fingerprint density at radius 2 is 1.44 bits per heavy atom. The summed E-state index contributed by atoms with van der Waals surface area (Å²) >= 11 is 0. The van der Waals surface area contributed by atoms with Crippen molar-refractivity contribution in [2.75, 3.05) is 31.5 Å². The molecule has 1 heterocycles. The molecule has 0 bridgehead atoms. The highest BCUT2D eigenvalue weighted by molar-refractivity contribution is 6.01. The van der Waals surface area contributed by atoms with E-state index in [0.717, 1.165) is 10.5 Å². The molecule has 1 aliphatic rings. The summed E-state index contributed by atoms with van der Waals surface area (Å²) in [5.74, 6) is -4.88. The first-order chi connectivity index (χ1) is 26.4. The Kier molecular flexibility index (Phi) is 12.9. The zero-order valence-electron chi connectivity index (χ0n) is 29.7. The van der Waals surface area contributed by atoms with Crippen molar-refractivity contribution in [1.82, 2.24) is 14.7 Å². The Morgan fingerprint density at radius 1 is 0.818 bits per heavy atom. The number of carbonyl (C=O) groups is 6. The normalized spacial score (nSPS) is 14.0. The number of guanidine groups is 1. The summed E-state index contributed by atoms with van der Waals surface area (Å²) in [7, 11) is 0. The smallest absolute Gasteiger partial charge is 0.437 e. The van der Waals surface area contributed by atoms with Gasteiger partial charge in [0.1, 0.15) is 6.61 Å². The number of aliphatic imine (C=N–C) groups is 1. The predicted molar refractivity (Wildman–Crippen MR) is 201 cm³/mol. The Labute approximate surface area is 316 Å². The molecule has 0 aromatic heterocycles. The number of carboxylic acids is 2. The molecule has 4 amide bonds. The van der Waals surface area contributed by atoms with E-state index >= 15 is 0 Å². The Bertz CT molecular complexity index is 2050. The van der Waals surface area contributed by atoms with Crippen LogP contribution in [-0.4, -0.2) is 98.3 Å². The molecule has 1 saturated heterocycles. The first-order valence-corrected chi connectivity index (χ1v) is 17.3. The number of piperazine rings is 1. The van der Waals surface area contributed by atoms with Crippen LogP contribution in [0.25, 0.3) is 0 Å². The van der Waals surface area contributed by atoms with Crippen molar-refractivity contribution in [2.45, 2.75) is 31.5 Å². The number of nitrogens with one attached hydrogen (secondary N) is 1. The number of carboxylic acid groups (broad SMARTS) is 2. The van der Waals surface area contributed by atoms with Gasteiger partial charge in [-0.15, -0.1) is 4.99 Å². The predicted octanol–water partition coefficient (Wildman–Crippen LogP) is 3.60. The fourth-order valence-corrected chi connectivity index (χ4v) is 6.13. The van der Waals surface area contributed by atoms with E-state index in [1.54, 1.807) is 84.9 Å². The lowest BCUT2D eigenvalue weighted by atomic mass is 9.84. The van der Waals surface area contributed by atoms with Gasteiger partial charge in [0.2, 0.25) is 17.8 Å². The summed E-state index contributed by atoms with van der Waals surface area (Å²) in [6.07, 6.45) is -2.09. The number of amides is 4. The fourth-order valence-electron chi connectivity index (χ4n) is 6.13. The van der Waals surface area contributed by atoms with Gasteiger partial charge >= 0.3 is 18.0 Å². The summed E-state index contributed by atoms with van der Waals surface area (Å²) in [6, 6.07) is 31.9. The maximum absolute atomic E-state index is 14.4. The third-order valence-electron chi connectivity index (χ3n) is 8.91. The van der Waals surface area contributed by atoms with Crippen LogP contribution in [0, 0.1) is 0 Å². The fraction of sp³-hybridized carbons (Fsp3) is 0.225. The van der Waals surface area contributed by atoms with Crippen molar-refractivity contribution >= 4 is 47.4 Å². The highest BCUT2D eigenvalue weighted by Crippen LogP contribution is 2.31. The summed E-state index contributed by atoms with van der Waals surface area (Å²) < 4.78 is 5.12. The molecule has 1 fully saturated rings. The van der Waals surface area contributed by atoms with Crippen LogP contribution in [0.5, 0.6) is 0 Å². The zero-order chi connectivity index (χ0) is 39.4. The van der Waals surface area contributed by atoms with E-state index in [-0.39, 0.29) is 63.0 Å². The summed E-state index contributed by atoms with van der Waals surface area (Å²) in [5.41, 5.74) is 5.82. The molecule has 0 spiro atoms. The molecule has 1 aliphatic heterocycles. The van der Waals surface area contributed by atoms with Crippen molar-refractivity contribution < 1.29 is 43.7 Å². The molecule has 55 heavy (non-hydrogen) atoms. The summed E-state index contributed by atoms with van der Waals surface area (Å²) in [5, 5.41) is 23.3. The number of ether oxygens (including phenoxy) is 1. The van der Waals surface area contributed by atoms with Gasteiger partial charge in [0.25, 0.3) is 5.91 Å². The Morgan fingerprint density at radius 3 is 2.04 bits per heavy atom. The molecule has 15 heteroatoms. The summed E-state index contributed by atoms with van der Waals surface area (Å²) in [4.78, 5) is 85.5. The molecular weight excluding hydrogens is 708 g/mol. The number of hydrogen-bond acceptors (Lipinski definition) is 7. The Hall–Kier alpha value is -7.03. The lowest BCUT2D eigenvalue weighted by Gasteiger charge is -2.40. The van der Waals surface area contributed by atoms with Gasteiger partial charge in [0, 0.05) is 37.3 Å². The van der Waals surface area contributed by atoms with Gasteiger partial charge in [-0.3, -0.25) is 19.2 Å². The number of benzene rings is 4. The number of aliphatic carboxylic acids is 2. The number of rotatable bonds is 14. The number of nitrogens with two attached hydrogens (primary N) is 1. The van der Waals surface area contributed by atoms with Gasteiger partial charge in [0.05, 0.1) is 19.5 Å². The summed E-state index contributed by atoms with van der Waals surface area (Å²) in [6.45, 7) is -0.507. The molecule has 5 N–H and O–H groups in total. The quantitative estimate of drug-likeness (QED) is 0.108. The topological polar surface area (TPSA) is 212 Å². The monoisotopic (exact) mass is 748 g/mol. The highest BCUT2D eigenvalue weighted by Gasteiger charge is 2.49. The highest BCUT2D eigenvalue weighted by atomic mass is 16.5. The SMILES string of the molecule is NC(=NC(=O)OCc1ccccc1)N1CCN(CC(=O)Nc2cccc(C(=O)N(Cc3ccccc3)[C@](CC(=O)O)(Cc3ccccc3)C(=O)O)c2)C(=O)C1. The number of anilines is 1. The number of nitrogens with zero attached hydrogens (tertiary/aromatic N) is 4. The second-order valence-electron chi connectivity index (χ2n) is 12.8. The van der Waals surface area contributed by atoms with Crippen LogP contribution < -0.4 is 11.1 Å². The third kappa shape index (κ3) is 10.5. The van der Waals surface area contributed by atoms with Gasteiger partial charge in [-0.05, 0) is 34.9 Å². The molecule has 284 valence electrons. The van der Waals surface area contributed by atoms with E-state index in [0.29, 0.717) is 11.1 Å². The lowest BCUT2D eigenvalue weighted by Crippen LogP contribution is -2.59. The average Bonchev–Trinajstić information content (AvgIpc) is 3.17. The molecule has 4 aromatic rings. The molecule has 0 unspecified atom stereocenters. The van der Waals surface area contributed by atoms with Gasteiger partial charge in [0.15, 0.2) is 5.54 Å². The second-order valence-corrected chi connectivity index (χ2v) is 12.8. The van der Waals surface area contributed by atoms with Crippen molar-refractivity contribution in [1.29, 1.82) is 0 Å². The van der Waals surface area contributed by atoms with E-state index < -0.39 is 47.7 Å². The van der Waals surface area contributed by atoms with Gasteiger partial charge in [-0.25, -0.2) is 9.59 Å². The maximum Gasteiger partial charge on any atom is 0.437 e. The van der Waals surface area contributed by atoms with Crippen LogP contribution in [0.3, 0.4) is 0 Å². The van der Waals surface area contributed by atoms with Crippen LogP contribution in [0.2, 0.25) is 0 Å². The third-order valence-corrected chi connectivity index (χ3v) is 8.91. The van der Waals surface area contributed by atoms with E-state index in [1.165, 1.54) is 34.1 Å². The lowest BCUT2D eigenvalue weighted by molar-refractivity contribution is -0.157. The molecule has 15 nitrogen and oxygen atoms in total. The largest absolute Gasteiger partial charge is 0.481 e.